The summed E-state index contributed by atoms with van der Waals surface area (Å²) in [4.78, 5) is 15.9. The fourth-order valence-electron chi connectivity index (χ4n) is 0.742. The van der Waals surface area contributed by atoms with Gasteiger partial charge in [-0.05, 0) is 6.92 Å². The van der Waals surface area contributed by atoms with E-state index in [9.17, 15) is 4.79 Å². The Labute approximate surface area is 66.0 Å². The van der Waals surface area contributed by atoms with E-state index in [4.69, 9.17) is 9.57 Å². The van der Waals surface area contributed by atoms with E-state index < -0.39 is 0 Å². The summed E-state index contributed by atoms with van der Waals surface area (Å²) in [5, 5.41) is 1.34. The molecule has 1 rings (SSSR count). The van der Waals surface area contributed by atoms with Gasteiger partial charge in [-0.3, -0.25) is 9.63 Å². The molecule has 0 saturated carbocycles. The van der Waals surface area contributed by atoms with Gasteiger partial charge < -0.3 is 4.74 Å². The Morgan fingerprint density at radius 1 is 1.82 bits per heavy atom. The Hall–Kier alpha value is -0.610. The molecule has 1 aliphatic heterocycles. The van der Waals surface area contributed by atoms with Crippen LogP contribution in [0.4, 0.5) is 0 Å². The van der Waals surface area contributed by atoms with Crippen LogP contribution in [0.2, 0.25) is 0 Å². The lowest BCUT2D eigenvalue weighted by Gasteiger charge is -2.16. The number of hydrogen-bond acceptors (Lipinski definition) is 3. The quantitative estimate of drug-likeness (QED) is 0.434. The lowest BCUT2D eigenvalue weighted by molar-refractivity contribution is -0.184. The third-order valence-electron chi connectivity index (χ3n) is 1.46. The third kappa shape index (κ3) is 2.86. The number of epoxide rings is 1. The van der Waals surface area contributed by atoms with Gasteiger partial charge in [0.25, 0.3) is 0 Å². The minimum atomic E-state index is -0.0619. The minimum absolute atomic E-state index is 0.0619. The van der Waals surface area contributed by atoms with Gasteiger partial charge in [0.15, 0.2) is 0 Å². The van der Waals surface area contributed by atoms with Gasteiger partial charge in [-0.25, -0.2) is 5.06 Å². The van der Waals surface area contributed by atoms with Crippen molar-refractivity contribution in [2.75, 3.05) is 19.8 Å². The van der Waals surface area contributed by atoms with E-state index in [2.05, 4.69) is 0 Å². The molecular formula is C7H13NO3. The fourth-order valence-corrected chi connectivity index (χ4v) is 0.742. The smallest absolute Gasteiger partial charge is 0.242 e. The first-order valence-electron chi connectivity index (χ1n) is 3.76. The number of carbonyl (C=O) groups excluding carboxylic acids is 1. The second-order valence-corrected chi connectivity index (χ2v) is 2.46. The molecule has 4 nitrogen and oxygen atoms in total. The summed E-state index contributed by atoms with van der Waals surface area (Å²) < 4.78 is 4.92. The predicted octanol–water partition coefficient (Wildman–Crippen LogP) is 0.185. The van der Waals surface area contributed by atoms with Gasteiger partial charge in [0.1, 0.15) is 12.7 Å². The maximum absolute atomic E-state index is 10.8. The van der Waals surface area contributed by atoms with Crippen LogP contribution in [0.25, 0.3) is 0 Å². The fraction of sp³-hybridized carbons (Fsp3) is 0.857. The second kappa shape index (κ2) is 3.69. The molecule has 0 aromatic rings. The molecule has 0 aromatic carbocycles. The Morgan fingerprint density at radius 2 is 2.45 bits per heavy atom. The molecule has 1 fully saturated rings. The highest BCUT2D eigenvalue weighted by Crippen LogP contribution is 2.09. The summed E-state index contributed by atoms with van der Waals surface area (Å²) in [6, 6.07) is 0. The van der Waals surface area contributed by atoms with Crippen molar-refractivity contribution in [3.05, 3.63) is 0 Å². The van der Waals surface area contributed by atoms with Crippen molar-refractivity contribution in [2.45, 2.75) is 20.0 Å². The molecule has 1 saturated heterocycles. The molecule has 0 radical (unpaired) electrons. The Balaban J connectivity index is 2.13. The monoisotopic (exact) mass is 159 g/mol. The van der Waals surface area contributed by atoms with Crippen LogP contribution < -0.4 is 0 Å². The van der Waals surface area contributed by atoms with Crippen LogP contribution in [0.15, 0.2) is 0 Å². The maximum atomic E-state index is 10.8. The Bertz CT molecular complexity index is 145. The summed E-state index contributed by atoms with van der Waals surface area (Å²) >= 11 is 0. The number of hydrogen-bond donors (Lipinski definition) is 0. The minimum Gasteiger partial charge on any atom is -0.371 e. The first-order valence-corrected chi connectivity index (χ1v) is 3.76. The van der Waals surface area contributed by atoms with Crippen molar-refractivity contribution >= 4 is 5.91 Å². The van der Waals surface area contributed by atoms with E-state index in [0.717, 1.165) is 6.61 Å². The normalized spacial score (nSPS) is 21.5. The molecule has 64 valence electrons. The van der Waals surface area contributed by atoms with Gasteiger partial charge in [0, 0.05) is 13.5 Å². The first kappa shape index (κ1) is 8.49. The van der Waals surface area contributed by atoms with Gasteiger partial charge in [0.05, 0.1) is 6.61 Å². The number of rotatable bonds is 4. The van der Waals surface area contributed by atoms with E-state index in [1.165, 1.54) is 12.0 Å². The lowest BCUT2D eigenvalue weighted by atomic mass is 10.5. The number of amides is 1. The SMILES string of the molecule is CCN(OCC1CO1)C(C)=O. The van der Waals surface area contributed by atoms with Crippen LogP contribution in [0.3, 0.4) is 0 Å². The second-order valence-electron chi connectivity index (χ2n) is 2.46. The van der Waals surface area contributed by atoms with Gasteiger partial charge >= 0.3 is 0 Å². The van der Waals surface area contributed by atoms with Crippen LogP contribution in [-0.2, 0) is 14.4 Å². The Kier molecular flexibility index (Phi) is 2.84. The van der Waals surface area contributed by atoms with Crippen molar-refractivity contribution in [1.82, 2.24) is 5.06 Å². The third-order valence-corrected chi connectivity index (χ3v) is 1.46. The van der Waals surface area contributed by atoms with Crippen LogP contribution in [0, 0.1) is 0 Å². The number of hydroxylamine groups is 2. The predicted molar refractivity (Wildman–Crippen MR) is 38.8 cm³/mol. The highest BCUT2D eigenvalue weighted by atomic mass is 16.7. The van der Waals surface area contributed by atoms with Crippen molar-refractivity contribution in [2.24, 2.45) is 0 Å². The van der Waals surface area contributed by atoms with E-state index >= 15 is 0 Å². The molecule has 1 aliphatic rings. The van der Waals surface area contributed by atoms with E-state index in [0.29, 0.717) is 13.2 Å². The standard InChI is InChI=1S/C7H13NO3/c1-3-8(6(2)9)11-5-7-4-10-7/h7H,3-5H2,1-2H3. The van der Waals surface area contributed by atoms with Crippen LogP contribution in [0.1, 0.15) is 13.8 Å². The molecule has 0 N–H and O–H groups in total. The first-order chi connectivity index (χ1) is 5.24. The largest absolute Gasteiger partial charge is 0.371 e. The number of nitrogens with zero attached hydrogens (tertiary/aromatic N) is 1. The summed E-state index contributed by atoms with van der Waals surface area (Å²) in [5.41, 5.74) is 0. The number of carbonyl (C=O) groups is 1. The van der Waals surface area contributed by atoms with Gasteiger partial charge in [-0.2, -0.15) is 0 Å². The van der Waals surface area contributed by atoms with Gasteiger partial charge in [-0.1, -0.05) is 0 Å². The topological polar surface area (TPSA) is 42.1 Å². The highest BCUT2D eigenvalue weighted by molar-refractivity contribution is 5.71. The van der Waals surface area contributed by atoms with Crippen molar-refractivity contribution in [3.8, 4) is 0 Å². The molecule has 1 atom stereocenters. The van der Waals surface area contributed by atoms with Crippen LogP contribution in [0.5, 0.6) is 0 Å². The van der Waals surface area contributed by atoms with Crippen LogP contribution >= 0.6 is 0 Å². The summed E-state index contributed by atoms with van der Waals surface area (Å²) in [7, 11) is 0. The van der Waals surface area contributed by atoms with E-state index in [1.54, 1.807) is 0 Å². The van der Waals surface area contributed by atoms with E-state index in [1.807, 2.05) is 6.92 Å². The highest BCUT2D eigenvalue weighted by Gasteiger charge is 2.24. The molecule has 11 heavy (non-hydrogen) atoms. The lowest BCUT2D eigenvalue weighted by Crippen LogP contribution is -2.30. The van der Waals surface area contributed by atoms with Crippen LogP contribution in [-0.4, -0.2) is 36.8 Å². The molecule has 0 aliphatic carbocycles. The molecule has 1 unspecified atom stereocenters. The summed E-state index contributed by atoms with van der Waals surface area (Å²) in [6.45, 7) is 5.19. The summed E-state index contributed by atoms with van der Waals surface area (Å²) in [6.07, 6.45) is 0.211. The molecule has 0 spiro atoms. The van der Waals surface area contributed by atoms with E-state index in [-0.39, 0.29) is 12.0 Å². The average Bonchev–Trinajstić information content (AvgIpc) is 2.72. The average molecular weight is 159 g/mol. The van der Waals surface area contributed by atoms with Gasteiger partial charge in [0.2, 0.25) is 5.91 Å². The molecule has 4 heteroatoms. The molecule has 1 amide bonds. The van der Waals surface area contributed by atoms with Crippen molar-refractivity contribution < 1.29 is 14.4 Å². The summed E-state index contributed by atoms with van der Waals surface area (Å²) in [5.74, 6) is -0.0619. The maximum Gasteiger partial charge on any atom is 0.242 e. The zero-order valence-corrected chi connectivity index (χ0v) is 6.87. The zero-order chi connectivity index (χ0) is 8.27. The molecular weight excluding hydrogens is 146 g/mol. The molecule has 0 aromatic heterocycles. The van der Waals surface area contributed by atoms with Crippen molar-refractivity contribution in [1.29, 1.82) is 0 Å². The molecule has 1 heterocycles. The molecule has 0 bridgehead atoms. The zero-order valence-electron chi connectivity index (χ0n) is 6.87. The van der Waals surface area contributed by atoms with Gasteiger partial charge in [-0.15, -0.1) is 0 Å². The Morgan fingerprint density at radius 3 is 2.82 bits per heavy atom. The van der Waals surface area contributed by atoms with Crippen molar-refractivity contribution in [3.63, 3.8) is 0 Å². The number of ether oxygens (including phenoxy) is 1.